The van der Waals surface area contributed by atoms with Gasteiger partial charge in [0.2, 0.25) is 0 Å². The summed E-state index contributed by atoms with van der Waals surface area (Å²) in [6.07, 6.45) is 5.50. The van der Waals surface area contributed by atoms with Gasteiger partial charge in [-0.05, 0) is 31.1 Å². The normalized spacial score (nSPS) is 24.9. The lowest BCUT2D eigenvalue weighted by Crippen LogP contribution is -2.34. The van der Waals surface area contributed by atoms with Gasteiger partial charge in [0.05, 0.1) is 13.2 Å². The number of esters is 1. The summed E-state index contributed by atoms with van der Waals surface area (Å²) in [6.45, 7) is 4.98. The molecule has 0 aromatic heterocycles. The van der Waals surface area contributed by atoms with Crippen LogP contribution in [0.3, 0.4) is 0 Å². The minimum Gasteiger partial charge on any atom is -0.454 e. The predicted octanol–water partition coefficient (Wildman–Crippen LogP) is 4.06. The van der Waals surface area contributed by atoms with Crippen LogP contribution in [0.15, 0.2) is 60.7 Å². The lowest BCUT2D eigenvalue weighted by Gasteiger charge is -2.16. The van der Waals surface area contributed by atoms with Gasteiger partial charge < -0.3 is 14.2 Å². The van der Waals surface area contributed by atoms with Crippen molar-refractivity contribution in [3.63, 3.8) is 0 Å². The minimum atomic E-state index is -0.467. The van der Waals surface area contributed by atoms with E-state index in [4.69, 9.17) is 24.0 Å². The molecule has 2 aliphatic heterocycles. The maximum Gasteiger partial charge on any atom is 0.331 e. The molecule has 4 atom stereocenters. The van der Waals surface area contributed by atoms with Crippen LogP contribution in [0, 0.1) is 13.8 Å². The third kappa shape index (κ3) is 5.93. The van der Waals surface area contributed by atoms with Crippen LogP contribution in [-0.2, 0) is 28.8 Å². The van der Waals surface area contributed by atoms with E-state index in [1.54, 1.807) is 6.08 Å². The fourth-order valence-corrected chi connectivity index (χ4v) is 3.67. The van der Waals surface area contributed by atoms with E-state index in [9.17, 15) is 4.79 Å². The molecule has 4 rings (SSSR count). The molecule has 2 heterocycles. The van der Waals surface area contributed by atoms with Crippen molar-refractivity contribution < 1.29 is 28.8 Å². The van der Waals surface area contributed by atoms with E-state index in [0.717, 1.165) is 11.1 Å². The van der Waals surface area contributed by atoms with Gasteiger partial charge in [-0.15, -0.1) is 0 Å². The van der Waals surface area contributed by atoms with Gasteiger partial charge in [-0.1, -0.05) is 71.8 Å². The summed E-state index contributed by atoms with van der Waals surface area (Å²) in [7, 11) is 0. The lowest BCUT2D eigenvalue weighted by atomic mass is 10.1. The molecule has 6 nitrogen and oxygen atoms in total. The fourth-order valence-electron chi connectivity index (χ4n) is 3.67. The van der Waals surface area contributed by atoms with Crippen LogP contribution in [-0.4, -0.2) is 50.2 Å². The topological polar surface area (TPSA) is 63.2 Å². The molecule has 6 heteroatoms. The molecule has 2 fully saturated rings. The van der Waals surface area contributed by atoms with Crippen LogP contribution in [0.4, 0.5) is 0 Å². The Morgan fingerprint density at radius 3 is 2.09 bits per heavy atom. The molecular weight excluding hydrogens is 408 g/mol. The predicted molar refractivity (Wildman–Crippen MR) is 121 cm³/mol. The van der Waals surface area contributed by atoms with Crippen LogP contribution in [0.25, 0.3) is 12.2 Å². The third-order valence-corrected chi connectivity index (χ3v) is 5.46. The van der Waals surface area contributed by atoms with Crippen molar-refractivity contribution in [3.8, 4) is 0 Å². The summed E-state index contributed by atoms with van der Waals surface area (Å²) in [5, 5.41) is 0. The minimum absolute atomic E-state index is 0.270. The van der Waals surface area contributed by atoms with Gasteiger partial charge in [-0.25, -0.2) is 14.6 Å². The first kappa shape index (κ1) is 22.4. The molecule has 0 bridgehead atoms. The zero-order valence-corrected chi connectivity index (χ0v) is 18.3. The first-order valence-corrected chi connectivity index (χ1v) is 10.8. The number of carbonyl (C=O) groups is 1. The largest absolute Gasteiger partial charge is 0.454 e. The van der Waals surface area contributed by atoms with Gasteiger partial charge >= 0.3 is 5.97 Å². The van der Waals surface area contributed by atoms with Crippen molar-refractivity contribution in [2.24, 2.45) is 0 Å². The van der Waals surface area contributed by atoms with E-state index in [-0.39, 0.29) is 24.9 Å². The number of fused-ring (bicyclic) bond motifs is 1. The second kappa shape index (κ2) is 10.7. The van der Waals surface area contributed by atoms with Gasteiger partial charge in [-0.2, -0.15) is 0 Å². The van der Waals surface area contributed by atoms with Gasteiger partial charge in [0, 0.05) is 6.08 Å². The number of hydrogen-bond donors (Lipinski definition) is 0. The Labute approximate surface area is 188 Å². The number of aryl methyl sites for hydroxylation is 2. The third-order valence-electron chi connectivity index (χ3n) is 5.46. The molecule has 0 N–H and O–H groups in total. The van der Waals surface area contributed by atoms with Crippen molar-refractivity contribution in [1.29, 1.82) is 0 Å². The van der Waals surface area contributed by atoms with Crippen LogP contribution in [0.2, 0.25) is 0 Å². The summed E-state index contributed by atoms with van der Waals surface area (Å²) < 4.78 is 17.1. The van der Waals surface area contributed by atoms with Crippen molar-refractivity contribution in [1.82, 2.24) is 0 Å². The summed E-state index contributed by atoms with van der Waals surface area (Å²) in [5.41, 5.74) is 4.43. The van der Waals surface area contributed by atoms with Gasteiger partial charge in [0.1, 0.15) is 24.9 Å². The number of benzene rings is 2. The molecule has 0 saturated carbocycles. The molecule has 0 radical (unpaired) electrons. The highest BCUT2D eigenvalue weighted by Crippen LogP contribution is 2.30. The second-order valence-electron chi connectivity index (χ2n) is 8.05. The van der Waals surface area contributed by atoms with Crippen LogP contribution in [0.1, 0.15) is 22.3 Å². The Morgan fingerprint density at radius 1 is 0.875 bits per heavy atom. The molecule has 0 spiro atoms. The van der Waals surface area contributed by atoms with E-state index in [1.165, 1.54) is 17.2 Å². The first-order chi connectivity index (χ1) is 15.6. The summed E-state index contributed by atoms with van der Waals surface area (Å²) in [5.74, 6) is -0.426. The van der Waals surface area contributed by atoms with E-state index >= 15 is 0 Å². The molecule has 0 aliphatic carbocycles. The lowest BCUT2D eigenvalue weighted by molar-refractivity contribution is -0.326. The maximum atomic E-state index is 12.2. The monoisotopic (exact) mass is 436 g/mol. The van der Waals surface area contributed by atoms with E-state index in [2.05, 4.69) is 19.1 Å². The average Bonchev–Trinajstić information content (AvgIpc) is 3.38. The highest BCUT2D eigenvalue weighted by atomic mass is 17.2. The van der Waals surface area contributed by atoms with Gasteiger partial charge in [0.25, 0.3) is 0 Å². The Kier molecular flexibility index (Phi) is 7.50. The molecule has 1 unspecified atom stereocenters. The SMILES string of the molecule is Cc1ccc(C=CCOO[C@H]2CO[C@@H]3C(OC(=O)/C=C/c4ccc(C)cc4)CO[C@H]23)cc1. The van der Waals surface area contributed by atoms with Crippen molar-refractivity contribution in [2.75, 3.05) is 19.8 Å². The van der Waals surface area contributed by atoms with Crippen molar-refractivity contribution >= 4 is 18.1 Å². The van der Waals surface area contributed by atoms with Crippen LogP contribution < -0.4 is 0 Å². The molecule has 2 aliphatic rings. The highest BCUT2D eigenvalue weighted by molar-refractivity contribution is 5.87. The molecule has 2 aromatic carbocycles. The van der Waals surface area contributed by atoms with Crippen LogP contribution >= 0.6 is 0 Å². The number of rotatable bonds is 8. The zero-order valence-electron chi connectivity index (χ0n) is 18.3. The highest BCUT2D eigenvalue weighted by Gasteiger charge is 2.50. The number of ether oxygens (including phenoxy) is 3. The quantitative estimate of drug-likeness (QED) is 0.205. The van der Waals surface area contributed by atoms with E-state index in [0.29, 0.717) is 13.2 Å². The Bertz CT molecular complexity index is 947. The molecule has 168 valence electrons. The number of hydrogen-bond acceptors (Lipinski definition) is 6. The van der Waals surface area contributed by atoms with E-state index < -0.39 is 12.1 Å². The van der Waals surface area contributed by atoms with Gasteiger partial charge in [0.15, 0.2) is 6.10 Å². The van der Waals surface area contributed by atoms with Gasteiger partial charge in [-0.3, -0.25) is 0 Å². The molecule has 2 saturated heterocycles. The molecule has 0 amide bonds. The Balaban J connectivity index is 1.19. The standard InChI is InChI=1S/C26H28O6/c1-18-5-9-20(10-6-18)4-3-15-30-32-23-17-29-25-22(16-28-26(23)25)31-24(27)14-13-21-11-7-19(2)8-12-21/h3-14,22-23,25-26H,15-17H2,1-2H3/b4-3?,14-13+/t22?,23-,25+,26+/m0/s1. The average molecular weight is 437 g/mol. The van der Waals surface area contributed by atoms with E-state index in [1.807, 2.05) is 55.5 Å². The smallest absolute Gasteiger partial charge is 0.331 e. The summed E-state index contributed by atoms with van der Waals surface area (Å²) >= 11 is 0. The summed E-state index contributed by atoms with van der Waals surface area (Å²) in [4.78, 5) is 23.0. The molecular formula is C26H28O6. The Hall–Kier alpha value is -2.77. The second-order valence-corrected chi connectivity index (χ2v) is 8.05. The summed E-state index contributed by atoms with van der Waals surface area (Å²) in [6, 6.07) is 16.1. The molecule has 2 aromatic rings. The fraction of sp³-hybridized carbons (Fsp3) is 0.346. The zero-order chi connectivity index (χ0) is 22.3. The Morgan fingerprint density at radius 2 is 1.44 bits per heavy atom. The number of carbonyl (C=O) groups excluding carboxylic acids is 1. The maximum absolute atomic E-state index is 12.2. The molecule has 32 heavy (non-hydrogen) atoms. The first-order valence-electron chi connectivity index (χ1n) is 10.8. The van der Waals surface area contributed by atoms with Crippen LogP contribution in [0.5, 0.6) is 0 Å². The van der Waals surface area contributed by atoms with Crippen molar-refractivity contribution in [2.45, 2.75) is 38.3 Å². The van der Waals surface area contributed by atoms with Crippen molar-refractivity contribution in [3.05, 3.63) is 82.9 Å².